The zero-order chi connectivity index (χ0) is 15.0. The van der Waals surface area contributed by atoms with E-state index in [2.05, 4.69) is 6.92 Å². The molecule has 1 heterocycles. The van der Waals surface area contributed by atoms with Crippen molar-refractivity contribution < 1.29 is 9.13 Å². The van der Waals surface area contributed by atoms with Gasteiger partial charge in [0, 0.05) is 12.1 Å². The van der Waals surface area contributed by atoms with Crippen molar-refractivity contribution in [3.8, 4) is 5.75 Å². The molecule has 3 rings (SSSR count). The van der Waals surface area contributed by atoms with Gasteiger partial charge in [-0.1, -0.05) is 18.2 Å². The Morgan fingerprint density at radius 2 is 1.90 bits per heavy atom. The Morgan fingerprint density at radius 3 is 2.57 bits per heavy atom. The molecule has 21 heavy (non-hydrogen) atoms. The van der Waals surface area contributed by atoms with Crippen LogP contribution in [0.4, 0.5) is 4.39 Å². The molecule has 4 heteroatoms. The third-order valence-corrected chi connectivity index (χ3v) is 4.02. The predicted molar refractivity (Wildman–Crippen MR) is 80.2 cm³/mol. The summed E-state index contributed by atoms with van der Waals surface area (Å²) in [6, 6.07) is 12.5. The summed E-state index contributed by atoms with van der Waals surface area (Å²) in [5.74, 6) is 0.901. The highest BCUT2D eigenvalue weighted by Crippen LogP contribution is 2.32. The first-order valence-corrected chi connectivity index (χ1v) is 6.88. The molecule has 2 aromatic rings. The molecular weight excluding hydrogens is 267 g/mol. The van der Waals surface area contributed by atoms with Crippen LogP contribution in [0.1, 0.15) is 29.7 Å². The Kier molecular flexibility index (Phi) is 3.37. The van der Waals surface area contributed by atoms with E-state index in [9.17, 15) is 4.39 Å². The second-order valence-corrected chi connectivity index (χ2v) is 5.23. The molecule has 0 radical (unpaired) electrons. The number of amidine groups is 1. The Balaban J connectivity index is 1.86. The lowest BCUT2D eigenvalue weighted by Crippen LogP contribution is -2.27. The summed E-state index contributed by atoms with van der Waals surface area (Å²) in [7, 11) is 1.64. The van der Waals surface area contributed by atoms with Gasteiger partial charge in [0.05, 0.1) is 13.2 Å². The first-order chi connectivity index (χ1) is 10.1. The van der Waals surface area contributed by atoms with E-state index in [4.69, 9.17) is 10.1 Å². The summed E-state index contributed by atoms with van der Waals surface area (Å²) in [4.78, 5) is 1.98. The minimum Gasteiger partial charge on any atom is -0.497 e. The summed E-state index contributed by atoms with van der Waals surface area (Å²) in [5, 5.41) is 8.28. The fourth-order valence-electron chi connectivity index (χ4n) is 2.72. The van der Waals surface area contributed by atoms with Gasteiger partial charge >= 0.3 is 0 Å². The van der Waals surface area contributed by atoms with E-state index in [-0.39, 0.29) is 11.9 Å². The molecule has 1 aliphatic heterocycles. The summed E-state index contributed by atoms with van der Waals surface area (Å²) >= 11 is 0. The average molecular weight is 284 g/mol. The SMILES string of the molecule is COc1ccc(C(C)N2Cc3ccc(F)cc3C2=N)cc1. The molecule has 0 saturated carbocycles. The van der Waals surface area contributed by atoms with Gasteiger partial charge in [0.15, 0.2) is 0 Å². The number of rotatable bonds is 3. The van der Waals surface area contributed by atoms with Crippen LogP contribution in [0.25, 0.3) is 0 Å². The van der Waals surface area contributed by atoms with Crippen LogP contribution in [0.5, 0.6) is 5.75 Å². The number of ether oxygens (including phenoxy) is 1. The zero-order valence-corrected chi connectivity index (χ0v) is 12.1. The van der Waals surface area contributed by atoms with Gasteiger partial charge in [-0.15, -0.1) is 0 Å². The smallest absolute Gasteiger partial charge is 0.129 e. The number of fused-ring (bicyclic) bond motifs is 1. The van der Waals surface area contributed by atoms with Crippen LogP contribution in [-0.4, -0.2) is 17.8 Å². The van der Waals surface area contributed by atoms with Crippen molar-refractivity contribution in [3.05, 3.63) is 65.0 Å². The van der Waals surface area contributed by atoms with Gasteiger partial charge in [-0.2, -0.15) is 0 Å². The van der Waals surface area contributed by atoms with E-state index >= 15 is 0 Å². The molecule has 2 aromatic carbocycles. The summed E-state index contributed by atoms with van der Waals surface area (Å²) in [5.41, 5.74) is 2.80. The molecule has 0 aliphatic carbocycles. The average Bonchev–Trinajstić information content (AvgIpc) is 2.83. The van der Waals surface area contributed by atoms with Crippen molar-refractivity contribution in [1.29, 1.82) is 5.41 Å². The maximum atomic E-state index is 13.3. The lowest BCUT2D eigenvalue weighted by Gasteiger charge is -2.26. The Labute approximate surface area is 123 Å². The molecule has 1 N–H and O–H groups in total. The van der Waals surface area contributed by atoms with E-state index in [0.717, 1.165) is 16.9 Å². The summed E-state index contributed by atoms with van der Waals surface area (Å²) in [6.45, 7) is 2.69. The van der Waals surface area contributed by atoms with Crippen LogP contribution in [-0.2, 0) is 6.54 Å². The lowest BCUT2D eigenvalue weighted by atomic mass is 10.1. The maximum absolute atomic E-state index is 13.3. The molecule has 1 unspecified atom stereocenters. The van der Waals surface area contributed by atoms with Crippen LogP contribution < -0.4 is 4.74 Å². The molecule has 0 saturated heterocycles. The lowest BCUT2D eigenvalue weighted by molar-refractivity contribution is 0.341. The van der Waals surface area contributed by atoms with Crippen LogP contribution in [0.15, 0.2) is 42.5 Å². The minimum absolute atomic E-state index is 0.0545. The minimum atomic E-state index is -0.294. The number of nitrogens with one attached hydrogen (secondary N) is 1. The van der Waals surface area contributed by atoms with Crippen LogP contribution in [0.3, 0.4) is 0 Å². The normalized spacial score (nSPS) is 15.0. The zero-order valence-electron chi connectivity index (χ0n) is 12.1. The molecule has 0 amide bonds. The number of methoxy groups -OCH3 is 1. The van der Waals surface area contributed by atoms with Crippen molar-refractivity contribution in [2.24, 2.45) is 0 Å². The van der Waals surface area contributed by atoms with E-state index in [1.807, 2.05) is 29.2 Å². The molecule has 0 spiro atoms. The number of nitrogens with zero attached hydrogens (tertiary/aromatic N) is 1. The van der Waals surface area contributed by atoms with Gasteiger partial charge < -0.3 is 9.64 Å². The number of hydrogen-bond donors (Lipinski definition) is 1. The third kappa shape index (κ3) is 2.37. The highest BCUT2D eigenvalue weighted by Gasteiger charge is 2.28. The maximum Gasteiger partial charge on any atom is 0.129 e. The van der Waals surface area contributed by atoms with Gasteiger partial charge in [0.25, 0.3) is 0 Å². The van der Waals surface area contributed by atoms with Crippen molar-refractivity contribution in [2.75, 3.05) is 7.11 Å². The van der Waals surface area contributed by atoms with Crippen molar-refractivity contribution >= 4 is 5.84 Å². The van der Waals surface area contributed by atoms with Crippen LogP contribution >= 0.6 is 0 Å². The number of benzene rings is 2. The predicted octanol–water partition coefficient (Wildman–Crippen LogP) is 3.74. The molecule has 0 aromatic heterocycles. The van der Waals surface area contributed by atoms with Gasteiger partial charge in [-0.05, 0) is 42.3 Å². The number of hydrogen-bond acceptors (Lipinski definition) is 2. The Morgan fingerprint density at radius 1 is 1.19 bits per heavy atom. The molecule has 108 valence electrons. The molecule has 1 atom stereocenters. The Hall–Kier alpha value is -2.36. The van der Waals surface area contributed by atoms with Gasteiger partial charge in [0.2, 0.25) is 0 Å². The fourth-order valence-corrected chi connectivity index (χ4v) is 2.72. The van der Waals surface area contributed by atoms with Gasteiger partial charge in [-0.25, -0.2) is 4.39 Å². The van der Waals surface area contributed by atoms with E-state index < -0.39 is 0 Å². The largest absolute Gasteiger partial charge is 0.497 e. The Bertz CT molecular complexity index is 682. The standard InChI is InChI=1S/C17H17FN2O/c1-11(12-4-7-15(21-2)8-5-12)20-10-13-3-6-14(18)9-16(13)17(20)19/h3-9,11,19H,10H2,1-2H3. The van der Waals surface area contributed by atoms with E-state index in [1.165, 1.54) is 12.1 Å². The van der Waals surface area contributed by atoms with Crippen molar-refractivity contribution in [3.63, 3.8) is 0 Å². The first kappa shape index (κ1) is 13.6. The topological polar surface area (TPSA) is 36.3 Å². The van der Waals surface area contributed by atoms with Gasteiger partial charge in [-0.3, -0.25) is 5.41 Å². The van der Waals surface area contributed by atoms with Crippen molar-refractivity contribution in [2.45, 2.75) is 19.5 Å². The summed E-state index contributed by atoms with van der Waals surface area (Å²) in [6.07, 6.45) is 0. The van der Waals surface area contributed by atoms with Crippen LogP contribution in [0.2, 0.25) is 0 Å². The van der Waals surface area contributed by atoms with Crippen LogP contribution in [0, 0.1) is 11.2 Å². The molecule has 0 fully saturated rings. The third-order valence-electron chi connectivity index (χ3n) is 4.02. The van der Waals surface area contributed by atoms with Gasteiger partial charge in [0.1, 0.15) is 17.4 Å². The van der Waals surface area contributed by atoms with E-state index in [0.29, 0.717) is 17.9 Å². The van der Waals surface area contributed by atoms with E-state index in [1.54, 1.807) is 13.2 Å². The molecular formula is C17H17FN2O. The highest BCUT2D eigenvalue weighted by molar-refractivity contribution is 6.00. The second-order valence-electron chi connectivity index (χ2n) is 5.23. The quantitative estimate of drug-likeness (QED) is 0.932. The number of halogens is 1. The summed E-state index contributed by atoms with van der Waals surface area (Å²) < 4.78 is 18.5. The monoisotopic (exact) mass is 284 g/mol. The fraction of sp³-hybridized carbons (Fsp3) is 0.235. The molecule has 3 nitrogen and oxygen atoms in total. The molecule has 0 bridgehead atoms. The first-order valence-electron chi connectivity index (χ1n) is 6.88. The van der Waals surface area contributed by atoms with Crippen molar-refractivity contribution in [1.82, 2.24) is 4.90 Å². The highest BCUT2D eigenvalue weighted by atomic mass is 19.1. The molecule has 1 aliphatic rings. The second kappa shape index (κ2) is 5.20.